The molecule has 1 saturated heterocycles. The van der Waals surface area contributed by atoms with Crippen LogP contribution in [0.3, 0.4) is 0 Å². The molecule has 1 rings (SSSR count). The number of methoxy groups -OCH3 is 1. The van der Waals surface area contributed by atoms with Gasteiger partial charge in [0.15, 0.2) is 0 Å². The predicted molar refractivity (Wildman–Crippen MR) is 47.0 cm³/mol. The molecule has 1 aliphatic rings. The van der Waals surface area contributed by atoms with Gasteiger partial charge >= 0.3 is 18.1 Å². The number of hydrogen-bond acceptors (Lipinski definition) is 4. The molecule has 0 amide bonds. The van der Waals surface area contributed by atoms with Gasteiger partial charge in [-0.05, 0) is 0 Å². The molecule has 0 aliphatic carbocycles. The average molecular weight is 261 g/mol. The maximum atomic E-state index is 12.4. The molecule has 2 atom stereocenters. The number of carbonyl (C=O) groups excluding carboxylic acids is 1. The third-order valence-electron chi connectivity index (χ3n) is 1.81. The van der Waals surface area contributed by atoms with Crippen LogP contribution in [0.4, 0.5) is 17.6 Å². The van der Waals surface area contributed by atoms with E-state index >= 15 is 0 Å². The van der Waals surface area contributed by atoms with Gasteiger partial charge in [-0.2, -0.15) is 13.2 Å². The van der Waals surface area contributed by atoms with E-state index in [0.717, 1.165) is 0 Å². The molecular formula is C8H11F4NO4. The molecule has 17 heavy (non-hydrogen) atoms. The molecule has 1 aliphatic heterocycles. The zero-order valence-electron chi connectivity index (χ0n) is 8.75. The fourth-order valence-corrected chi connectivity index (χ4v) is 1.01. The summed E-state index contributed by atoms with van der Waals surface area (Å²) in [5, 5.41) is 9.83. The Kier molecular flexibility index (Phi) is 5.86. The van der Waals surface area contributed by atoms with E-state index in [-0.39, 0.29) is 18.9 Å². The molecular weight excluding hydrogens is 250 g/mol. The van der Waals surface area contributed by atoms with Crippen LogP contribution in [0.15, 0.2) is 0 Å². The second kappa shape index (κ2) is 6.38. The third-order valence-corrected chi connectivity index (χ3v) is 1.81. The van der Waals surface area contributed by atoms with Crippen molar-refractivity contribution in [1.82, 2.24) is 5.32 Å². The monoisotopic (exact) mass is 261 g/mol. The smallest absolute Gasteiger partial charge is 0.475 e. The summed E-state index contributed by atoms with van der Waals surface area (Å²) in [5.74, 6) is -3.13. The van der Waals surface area contributed by atoms with E-state index in [1.165, 1.54) is 7.11 Å². The van der Waals surface area contributed by atoms with Gasteiger partial charge in [0.1, 0.15) is 12.2 Å². The minimum absolute atomic E-state index is 0.243. The van der Waals surface area contributed by atoms with Gasteiger partial charge in [-0.25, -0.2) is 9.18 Å². The van der Waals surface area contributed by atoms with Crippen LogP contribution in [0.1, 0.15) is 6.42 Å². The number of carboxylic acids is 1. The van der Waals surface area contributed by atoms with Crippen LogP contribution in [-0.4, -0.2) is 49.1 Å². The molecule has 9 heteroatoms. The maximum absolute atomic E-state index is 12.4. The Morgan fingerprint density at radius 3 is 2.12 bits per heavy atom. The normalized spacial score (nSPS) is 23.6. The summed E-state index contributed by atoms with van der Waals surface area (Å²) < 4.78 is 48.6. The van der Waals surface area contributed by atoms with E-state index in [0.29, 0.717) is 0 Å². The summed E-state index contributed by atoms with van der Waals surface area (Å²) in [6.07, 6.45) is -5.74. The summed E-state index contributed by atoms with van der Waals surface area (Å²) in [4.78, 5) is 19.6. The van der Waals surface area contributed by atoms with E-state index in [1.807, 2.05) is 0 Å². The second-order valence-corrected chi connectivity index (χ2v) is 3.12. The lowest BCUT2D eigenvalue weighted by molar-refractivity contribution is -0.192. The van der Waals surface area contributed by atoms with Gasteiger partial charge in [0.05, 0.1) is 7.11 Å². The molecule has 100 valence electrons. The van der Waals surface area contributed by atoms with Crippen molar-refractivity contribution in [3.8, 4) is 0 Å². The number of nitrogens with one attached hydrogen (secondary N) is 1. The Labute approximate surface area is 93.7 Å². The van der Waals surface area contributed by atoms with Crippen LogP contribution in [0.2, 0.25) is 0 Å². The Morgan fingerprint density at radius 2 is 1.88 bits per heavy atom. The Balaban J connectivity index is 0.000000325. The van der Waals surface area contributed by atoms with Gasteiger partial charge in [-0.15, -0.1) is 0 Å². The highest BCUT2D eigenvalue weighted by atomic mass is 19.4. The Hall–Kier alpha value is -1.38. The molecule has 0 radical (unpaired) electrons. The lowest BCUT2D eigenvalue weighted by atomic mass is 10.2. The lowest BCUT2D eigenvalue weighted by Crippen LogP contribution is -2.31. The number of rotatable bonds is 1. The number of esters is 1. The molecule has 0 saturated carbocycles. The van der Waals surface area contributed by atoms with Crippen LogP contribution in [0.5, 0.6) is 0 Å². The number of halogens is 4. The molecule has 0 aromatic carbocycles. The summed E-state index contributed by atoms with van der Waals surface area (Å²) in [6.45, 7) is 0.264. The van der Waals surface area contributed by atoms with Crippen molar-refractivity contribution in [2.24, 2.45) is 0 Å². The van der Waals surface area contributed by atoms with Crippen LogP contribution < -0.4 is 5.32 Å². The third kappa shape index (κ3) is 6.05. The van der Waals surface area contributed by atoms with Crippen molar-refractivity contribution in [2.45, 2.75) is 24.8 Å². The molecule has 0 unspecified atom stereocenters. The molecule has 0 bridgehead atoms. The average Bonchev–Trinajstić information content (AvgIpc) is 2.63. The van der Waals surface area contributed by atoms with Gasteiger partial charge in [0.2, 0.25) is 0 Å². The van der Waals surface area contributed by atoms with Crippen molar-refractivity contribution in [3.63, 3.8) is 0 Å². The van der Waals surface area contributed by atoms with Gasteiger partial charge in [0, 0.05) is 13.0 Å². The number of alkyl halides is 4. The summed E-state index contributed by atoms with van der Waals surface area (Å²) in [7, 11) is 1.30. The first-order chi connectivity index (χ1) is 7.68. The van der Waals surface area contributed by atoms with Crippen LogP contribution >= 0.6 is 0 Å². The standard InChI is InChI=1S/C6H10FNO2.C2HF3O2/c1-10-6(9)5-2-4(7)3-8-5;3-2(4,5)1(6)7/h4-5,8H,2-3H2,1H3;(H,6,7)/t4-,5+;/m1./s1. The number of carboxylic acid groups (broad SMARTS) is 1. The van der Waals surface area contributed by atoms with E-state index in [9.17, 15) is 22.4 Å². The molecule has 0 spiro atoms. The van der Waals surface area contributed by atoms with E-state index in [4.69, 9.17) is 9.90 Å². The molecule has 5 nitrogen and oxygen atoms in total. The summed E-state index contributed by atoms with van der Waals surface area (Å²) in [6, 6.07) is -0.431. The lowest BCUT2D eigenvalue weighted by Gasteiger charge is -2.04. The number of hydrogen-bond donors (Lipinski definition) is 2. The van der Waals surface area contributed by atoms with Crippen LogP contribution in [0, 0.1) is 0 Å². The fourth-order valence-electron chi connectivity index (χ4n) is 1.01. The SMILES string of the molecule is COC(=O)[C@@H]1C[C@@H](F)CN1.O=C(O)C(F)(F)F. The van der Waals surface area contributed by atoms with Gasteiger partial charge < -0.3 is 15.2 Å². The molecule has 1 heterocycles. The van der Waals surface area contributed by atoms with Crippen molar-refractivity contribution < 1.29 is 37.0 Å². The summed E-state index contributed by atoms with van der Waals surface area (Å²) in [5.41, 5.74) is 0. The second-order valence-electron chi connectivity index (χ2n) is 3.12. The van der Waals surface area contributed by atoms with Gasteiger partial charge in [-0.3, -0.25) is 4.79 Å². The highest BCUT2D eigenvalue weighted by molar-refractivity contribution is 5.76. The highest BCUT2D eigenvalue weighted by Crippen LogP contribution is 2.13. The minimum atomic E-state index is -5.08. The summed E-state index contributed by atoms with van der Waals surface area (Å²) >= 11 is 0. The fraction of sp³-hybridized carbons (Fsp3) is 0.750. The Bertz CT molecular complexity index is 281. The molecule has 0 aromatic rings. The topological polar surface area (TPSA) is 75.6 Å². The van der Waals surface area contributed by atoms with Crippen molar-refractivity contribution in [1.29, 1.82) is 0 Å². The van der Waals surface area contributed by atoms with E-state index < -0.39 is 24.4 Å². The number of ether oxygens (including phenoxy) is 1. The first kappa shape index (κ1) is 15.6. The largest absolute Gasteiger partial charge is 0.490 e. The van der Waals surface area contributed by atoms with Crippen molar-refractivity contribution in [3.05, 3.63) is 0 Å². The zero-order valence-corrected chi connectivity index (χ0v) is 8.75. The van der Waals surface area contributed by atoms with Crippen LogP contribution in [-0.2, 0) is 14.3 Å². The Morgan fingerprint density at radius 1 is 1.41 bits per heavy atom. The molecule has 0 aromatic heterocycles. The molecule has 2 N–H and O–H groups in total. The quantitative estimate of drug-likeness (QED) is 0.531. The van der Waals surface area contributed by atoms with E-state index in [2.05, 4.69) is 10.1 Å². The van der Waals surface area contributed by atoms with Gasteiger partial charge in [-0.1, -0.05) is 0 Å². The number of carbonyl (C=O) groups is 2. The predicted octanol–water partition coefficient (Wildman–Crippen LogP) is 0.493. The minimum Gasteiger partial charge on any atom is -0.475 e. The first-order valence-electron chi connectivity index (χ1n) is 4.44. The molecule has 1 fully saturated rings. The first-order valence-corrected chi connectivity index (χ1v) is 4.44. The zero-order chi connectivity index (χ0) is 13.6. The maximum Gasteiger partial charge on any atom is 0.490 e. The number of aliphatic carboxylic acids is 1. The highest BCUT2D eigenvalue weighted by Gasteiger charge is 2.38. The van der Waals surface area contributed by atoms with Crippen molar-refractivity contribution >= 4 is 11.9 Å². The van der Waals surface area contributed by atoms with E-state index in [1.54, 1.807) is 0 Å². The van der Waals surface area contributed by atoms with Gasteiger partial charge in [0.25, 0.3) is 0 Å². The van der Waals surface area contributed by atoms with Crippen molar-refractivity contribution in [2.75, 3.05) is 13.7 Å². The van der Waals surface area contributed by atoms with Crippen LogP contribution in [0.25, 0.3) is 0 Å².